The van der Waals surface area contributed by atoms with Gasteiger partial charge in [-0.2, -0.15) is 9.29 Å². The van der Waals surface area contributed by atoms with Gasteiger partial charge in [-0.3, -0.25) is 0 Å². The van der Waals surface area contributed by atoms with Crippen LogP contribution in [0, 0.1) is 0 Å². The van der Waals surface area contributed by atoms with Gasteiger partial charge in [-0.1, -0.05) is 25.9 Å². The van der Waals surface area contributed by atoms with Gasteiger partial charge in [0.1, 0.15) is 5.82 Å². The van der Waals surface area contributed by atoms with Gasteiger partial charge in [0.25, 0.3) is 10.0 Å². The van der Waals surface area contributed by atoms with Crippen LogP contribution < -0.4 is 0 Å². The van der Waals surface area contributed by atoms with Crippen molar-refractivity contribution in [3.63, 3.8) is 0 Å². The van der Waals surface area contributed by atoms with Crippen molar-refractivity contribution in [2.24, 2.45) is 0 Å². The summed E-state index contributed by atoms with van der Waals surface area (Å²) in [6.45, 7) is 6.76. The lowest BCUT2D eigenvalue weighted by Crippen LogP contribution is -2.39. The zero-order valence-electron chi connectivity index (χ0n) is 14.2. The molecule has 0 bridgehead atoms. The van der Waals surface area contributed by atoms with E-state index in [-0.39, 0.29) is 16.9 Å². The molecule has 1 atom stereocenters. The van der Waals surface area contributed by atoms with Crippen LogP contribution in [0.5, 0.6) is 0 Å². The number of hydrogen-bond donors (Lipinski definition) is 1. The lowest BCUT2D eigenvalue weighted by Gasteiger charge is -2.29. The Hall–Kier alpha value is -1.74. The summed E-state index contributed by atoms with van der Waals surface area (Å²) in [6.07, 6.45) is 3.66. The summed E-state index contributed by atoms with van der Waals surface area (Å²) in [5.41, 5.74) is 0. The summed E-state index contributed by atoms with van der Waals surface area (Å²) < 4.78 is 32.4. The average Bonchev–Trinajstić information content (AvgIpc) is 3.24. The third kappa shape index (κ3) is 3.23. The van der Waals surface area contributed by atoms with Crippen LogP contribution >= 0.6 is 0 Å². The molecule has 0 radical (unpaired) electrons. The largest absolute Gasteiger partial charge is 0.339 e. The van der Waals surface area contributed by atoms with E-state index in [1.54, 1.807) is 0 Å². The van der Waals surface area contributed by atoms with Crippen LogP contribution in [0.4, 0.5) is 0 Å². The highest BCUT2D eigenvalue weighted by Crippen LogP contribution is 2.29. The molecule has 3 rings (SSSR count). The number of rotatable bonds is 5. The van der Waals surface area contributed by atoms with E-state index in [4.69, 9.17) is 4.52 Å². The molecular formula is C15H23N5O3S. The molecule has 8 nitrogen and oxygen atoms in total. The molecule has 0 aliphatic carbocycles. The quantitative estimate of drug-likeness (QED) is 0.882. The number of aromatic amines is 1. The molecular weight excluding hydrogens is 330 g/mol. The van der Waals surface area contributed by atoms with Gasteiger partial charge >= 0.3 is 0 Å². The van der Waals surface area contributed by atoms with Crippen LogP contribution in [-0.2, 0) is 16.4 Å². The number of piperidine rings is 1. The first-order valence-electron chi connectivity index (χ1n) is 8.29. The maximum absolute atomic E-state index is 12.8. The number of aryl methyl sites for hydroxylation is 1. The Bertz CT molecular complexity index is 796. The second-order valence-corrected chi connectivity index (χ2v) is 8.30. The van der Waals surface area contributed by atoms with Crippen LogP contribution in [0.25, 0.3) is 0 Å². The van der Waals surface area contributed by atoms with E-state index in [0.717, 1.165) is 12.8 Å². The molecule has 1 N–H and O–H groups in total. The van der Waals surface area contributed by atoms with Gasteiger partial charge in [0, 0.05) is 25.4 Å². The normalized spacial score (nSPS) is 19.9. The fourth-order valence-corrected chi connectivity index (χ4v) is 4.26. The second kappa shape index (κ2) is 6.64. The highest BCUT2D eigenvalue weighted by Gasteiger charge is 2.34. The molecule has 0 spiro atoms. The zero-order valence-corrected chi connectivity index (χ0v) is 15.0. The molecule has 1 saturated heterocycles. The molecule has 0 unspecified atom stereocenters. The van der Waals surface area contributed by atoms with Crippen molar-refractivity contribution in [3.8, 4) is 0 Å². The summed E-state index contributed by atoms with van der Waals surface area (Å²) in [5, 5.41) is 4.13. The van der Waals surface area contributed by atoms with Gasteiger partial charge < -0.3 is 9.51 Å². The first-order chi connectivity index (χ1) is 11.4. The molecule has 0 aromatic carbocycles. The van der Waals surface area contributed by atoms with Crippen LogP contribution in [0.1, 0.15) is 63.0 Å². The Labute approximate surface area is 141 Å². The van der Waals surface area contributed by atoms with Gasteiger partial charge in [-0.15, -0.1) is 0 Å². The van der Waals surface area contributed by atoms with Crippen molar-refractivity contribution in [2.75, 3.05) is 13.1 Å². The minimum atomic E-state index is -3.58. The topological polar surface area (TPSA) is 105 Å². The summed E-state index contributed by atoms with van der Waals surface area (Å²) in [5.74, 6) is 1.97. The van der Waals surface area contributed by atoms with Crippen LogP contribution in [0.3, 0.4) is 0 Å². The molecule has 0 amide bonds. The summed E-state index contributed by atoms with van der Waals surface area (Å²) in [4.78, 5) is 11.4. The molecule has 1 aliphatic rings. The Balaban J connectivity index is 1.79. The highest BCUT2D eigenvalue weighted by molar-refractivity contribution is 7.89. The fraction of sp³-hybridized carbons (Fsp3) is 0.667. The van der Waals surface area contributed by atoms with Crippen molar-refractivity contribution in [1.82, 2.24) is 24.4 Å². The minimum Gasteiger partial charge on any atom is -0.339 e. The van der Waals surface area contributed by atoms with E-state index < -0.39 is 10.0 Å². The van der Waals surface area contributed by atoms with E-state index in [1.165, 1.54) is 10.5 Å². The van der Waals surface area contributed by atoms with E-state index in [0.29, 0.717) is 37.0 Å². The SMILES string of the molecule is CCc1ncc(S(=O)(=O)N2CCC[C@@H](c3nc(C(C)C)no3)C2)[nH]1. The van der Waals surface area contributed by atoms with Gasteiger partial charge in [0.15, 0.2) is 10.9 Å². The molecule has 2 aromatic heterocycles. The Morgan fingerprint density at radius 2 is 2.25 bits per heavy atom. The lowest BCUT2D eigenvalue weighted by molar-refractivity contribution is 0.264. The number of sulfonamides is 1. The van der Waals surface area contributed by atoms with E-state index in [1.807, 2.05) is 20.8 Å². The number of nitrogens with one attached hydrogen (secondary N) is 1. The predicted molar refractivity (Wildman–Crippen MR) is 87.1 cm³/mol. The van der Waals surface area contributed by atoms with Crippen LogP contribution in [-0.4, -0.2) is 45.9 Å². The molecule has 2 aromatic rings. The Morgan fingerprint density at radius 3 is 2.88 bits per heavy atom. The maximum atomic E-state index is 12.8. The van der Waals surface area contributed by atoms with Crippen molar-refractivity contribution in [1.29, 1.82) is 0 Å². The summed E-state index contributed by atoms with van der Waals surface area (Å²) >= 11 is 0. The molecule has 0 saturated carbocycles. The molecule has 3 heterocycles. The third-order valence-electron chi connectivity index (χ3n) is 4.27. The second-order valence-electron chi connectivity index (χ2n) is 6.40. The number of hydrogen-bond acceptors (Lipinski definition) is 6. The number of nitrogens with zero attached hydrogens (tertiary/aromatic N) is 4. The summed E-state index contributed by atoms with van der Waals surface area (Å²) in [7, 11) is -3.58. The monoisotopic (exact) mass is 353 g/mol. The molecule has 1 fully saturated rings. The van der Waals surface area contributed by atoms with Gasteiger partial charge in [-0.05, 0) is 12.8 Å². The first kappa shape index (κ1) is 17.1. The average molecular weight is 353 g/mol. The van der Waals surface area contributed by atoms with Crippen LogP contribution in [0.15, 0.2) is 15.7 Å². The molecule has 9 heteroatoms. The predicted octanol–water partition coefficient (Wildman–Crippen LogP) is 2.05. The zero-order chi connectivity index (χ0) is 17.3. The van der Waals surface area contributed by atoms with Crippen molar-refractivity contribution >= 4 is 10.0 Å². The molecule has 1 aliphatic heterocycles. The number of aromatic nitrogens is 4. The van der Waals surface area contributed by atoms with Gasteiger partial charge in [0.05, 0.1) is 12.1 Å². The van der Waals surface area contributed by atoms with E-state index in [2.05, 4.69) is 20.1 Å². The van der Waals surface area contributed by atoms with E-state index >= 15 is 0 Å². The fourth-order valence-electron chi connectivity index (χ4n) is 2.80. The van der Waals surface area contributed by atoms with Crippen molar-refractivity contribution < 1.29 is 12.9 Å². The van der Waals surface area contributed by atoms with Gasteiger partial charge in [0.2, 0.25) is 5.89 Å². The minimum absolute atomic E-state index is 0.0675. The first-order valence-corrected chi connectivity index (χ1v) is 9.73. The van der Waals surface area contributed by atoms with Gasteiger partial charge in [-0.25, -0.2) is 13.4 Å². The molecule has 24 heavy (non-hydrogen) atoms. The Morgan fingerprint density at radius 1 is 1.46 bits per heavy atom. The number of imidazole rings is 1. The van der Waals surface area contributed by atoms with Crippen LogP contribution in [0.2, 0.25) is 0 Å². The molecule has 132 valence electrons. The highest BCUT2D eigenvalue weighted by atomic mass is 32.2. The number of H-pyrrole nitrogens is 1. The van der Waals surface area contributed by atoms with Crippen molar-refractivity contribution in [3.05, 3.63) is 23.7 Å². The summed E-state index contributed by atoms with van der Waals surface area (Å²) in [6, 6.07) is 0. The maximum Gasteiger partial charge on any atom is 0.260 e. The third-order valence-corrected chi connectivity index (χ3v) is 6.04. The smallest absolute Gasteiger partial charge is 0.260 e. The Kier molecular flexibility index (Phi) is 4.73. The lowest BCUT2D eigenvalue weighted by atomic mass is 10.00. The van der Waals surface area contributed by atoms with Crippen molar-refractivity contribution in [2.45, 2.75) is 56.9 Å². The standard InChI is InChI=1S/C15H23N5O3S/c1-4-12-16-8-13(17-12)24(21,22)20-7-5-6-11(9-20)15-18-14(10(2)3)19-23-15/h8,10-11H,4-7,9H2,1-3H3,(H,16,17)/t11-/m1/s1. The van der Waals surface area contributed by atoms with E-state index in [9.17, 15) is 8.42 Å².